The number of rotatable bonds is 9. The number of amides is 1. The summed E-state index contributed by atoms with van der Waals surface area (Å²) in [6.07, 6.45) is 4.04. The van der Waals surface area contributed by atoms with Crippen LogP contribution in [0.5, 0.6) is 0 Å². The summed E-state index contributed by atoms with van der Waals surface area (Å²) < 4.78 is 29.5. The molecule has 1 rings (SSSR count). The van der Waals surface area contributed by atoms with Gasteiger partial charge in [0.1, 0.15) is 5.76 Å². The predicted molar refractivity (Wildman–Crippen MR) is 80.4 cm³/mol. The summed E-state index contributed by atoms with van der Waals surface area (Å²) in [7, 11) is -3.29. The molecule has 1 aromatic rings. The van der Waals surface area contributed by atoms with E-state index in [2.05, 4.69) is 17.4 Å². The molecule has 0 spiro atoms. The number of carbonyl (C=O) groups excluding carboxylic acids is 1. The Morgan fingerprint density at radius 1 is 1.38 bits per heavy atom. The summed E-state index contributed by atoms with van der Waals surface area (Å²) in [6.45, 7) is 4.40. The average molecular weight is 317 g/mol. The van der Waals surface area contributed by atoms with Gasteiger partial charge in [0.25, 0.3) is 0 Å². The Morgan fingerprint density at radius 2 is 2.10 bits per heavy atom. The monoisotopic (exact) mass is 317 g/mol. The largest absolute Gasteiger partial charge is 0.360 e. The van der Waals surface area contributed by atoms with Gasteiger partial charge in [0, 0.05) is 25.6 Å². The maximum atomic E-state index is 11.8. The van der Waals surface area contributed by atoms with Gasteiger partial charge in [-0.05, 0) is 13.3 Å². The number of nitrogens with one attached hydrogen (secondary N) is 1. The fraction of sp³-hybridized carbons (Fsp3) is 0.692. The average Bonchev–Trinajstić information content (AvgIpc) is 2.77. The molecule has 21 heavy (non-hydrogen) atoms. The molecule has 0 aliphatic heterocycles. The Hall–Kier alpha value is -1.41. The highest BCUT2D eigenvalue weighted by Crippen LogP contribution is 2.09. The number of aryl methyl sites for hydroxylation is 1. The van der Waals surface area contributed by atoms with Crippen LogP contribution in [0, 0.1) is 6.92 Å². The second kappa shape index (κ2) is 8.14. The third-order valence-corrected chi connectivity index (χ3v) is 4.27. The Kier molecular flexibility index (Phi) is 6.83. The zero-order valence-corrected chi connectivity index (χ0v) is 13.6. The molecule has 1 aromatic heterocycles. The molecule has 0 aromatic carbocycles. The molecule has 0 unspecified atom stereocenters. The van der Waals surface area contributed by atoms with Gasteiger partial charge in [-0.1, -0.05) is 24.9 Å². The standard InChI is InChI=1S/C13H23N3O4S/c1-4-5-6-8-16(21(3,18)19)9-7-13(17)14-12-10-11(2)20-15-12/h10H,4-9H2,1-3H3,(H,14,15,17). The quantitative estimate of drug-likeness (QED) is 0.701. The SMILES string of the molecule is CCCCCN(CCC(=O)Nc1cc(C)on1)S(C)(=O)=O. The molecule has 8 heteroatoms. The van der Waals surface area contributed by atoms with Crippen molar-refractivity contribution in [2.75, 3.05) is 24.7 Å². The number of hydrogen-bond donors (Lipinski definition) is 1. The van der Waals surface area contributed by atoms with Crippen LogP contribution in [0.15, 0.2) is 10.6 Å². The number of sulfonamides is 1. The lowest BCUT2D eigenvalue weighted by Gasteiger charge is -2.19. The highest BCUT2D eigenvalue weighted by molar-refractivity contribution is 7.88. The van der Waals surface area contributed by atoms with Gasteiger partial charge in [-0.3, -0.25) is 4.79 Å². The molecule has 0 bridgehead atoms. The number of nitrogens with zero attached hydrogens (tertiary/aromatic N) is 2. The van der Waals surface area contributed by atoms with E-state index in [0.717, 1.165) is 25.5 Å². The van der Waals surface area contributed by atoms with Crippen LogP contribution in [-0.2, 0) is 14.8 Å². The van der Waals surface area contributed by atoms with E-state index in [1.54, 1.807) is 13.0 Å². The first-order valence-electron chi connectivity index (χ1n) is 7.01. The lowest BCUT2D eigenvalue weighted by atomic mass is 10.2. The van der Waals surface area contributed by atoms with E-state index in [4.69, 9.17) is 4.52 Å². The second-order valence-corrected chi connectivity index (χ2v) is 6.97. The van der Waals surface area contributed by atoms with Crippen molar-refractivity contribution >= 4 is 21.7 Å². The van der Waals surface area contributed by atoms with Crippen LogP contribution < -0.4 is 5.32 Å². The summed E-state index contributed by atoms with van der Waals surface area (Å²) in [5, 5.41) is 6.23. The minimum Gasteiger partial charge on any atom is -0.360 e. The van der Waals surface area contributed by atoms with Gasteiger partial charge < -0.3 is 9.84 Å². The fourth-order valence-electron chi connectivity index (χ4n) is 1.84. The minimum absolute atomic E-state index is 0.0884. The molecule has 1 N–H and O–H groups in total. The third-order valence-electron chi connectivity index (χ3n) is 2.96. The maximum absolute atomic E-state index is 11.8. The van der Waals surface area contributed by atoms with Crippen molar-refractivity contribution in [2.24, 2.45) is 0 Å². The number of unbranched alkanes of at least 4 members (excludes halogenated alkanes) is 2. The number of carbonyl (C=O) groups is 1. The number of anilines is 1. The Bertz CT molecular complexity index is 554. The molecular weight excluding hydrogens is 294 g/mol. The molecule has 0 saturated carbocycles. The summed E-state index contributed by atoms with van der Waals surface area (Å²) in [6, 6.07) is 1.60. The van der Waals surface area contributed by atoms with E-state index in [-0.39, 0.29) is 18.9 Å². The van der Waals surface area contributed by atoms with Crippen LogP contribution in [0.1, 0.15) is 38.4 Å². The summed E-state index contributed by atoms with van der Waals surface area (Å²) >= 11 is 0. The summed E-state index contributed by atoms with van der Waals surface area (Å²) in [4.78, 5) is 11.8. The highest BCUT2D eigenvalue weighted by Gasteiger charge is 2.17. The molecule has 120 valence electrons. The smallest absolute Gasteiger partial charge is 0.226 e. The third kappa shape index (κ3) is 6.72. The molecular formula is C13H23N3O4S. The number of aromatic nitrogens is 1. The van der Waals surface area contributed by atoms with Crippen LogP contribution in [0.25, 0.3) is 0 Å². The lowest BCUT2D eigenvalue weighted by molar-refractivity contribution is -0.116. The highest BCUT2D eigenvalue weighted by atomic mass is 32.2. The van der Waals surface area contributed by atoms with Crippen LogP contribution in [0.2, 0.25) is 0 Å². The van der Waals surface area contributed by atoms with Gasteiger partial charge >= 0.3 is 0 Å². The predicted octanol–water partition coefficient (Wildman–Crippen LogP) is 1.76. The van der Waals surface area contributed by atoms with Gasteiger partial charge in [0.05, 0.1) is 6.26 Å². The van der Waals surface area contributed by atoms with Crippen LogP contribution in [-0.4, -0.2) is 43.1 Å². The normalized spacial score (nSPS) is 11.8. The molecule has 0 aliphatic rings. The van der Waals surface area contributed by atoms with Gasteiger partial charge in [0.2, 0.25) is 15.9 Å². The Labute approximate surface area is 125 Å². The molecule has 0 atom stereocenters. The van der Waals surface area contributed by atoms with E-state index in [9.17, 15) is 13.2 Å². The zero-order chi connectivity index (χ0) is 15.9. The van der Waals surface area contributed by atoms with Crippen LogP contribution in [0.3, 0.4) is 0 Å². The molecule has 1 heterocycles. The number of hydrogen-bond acceptors (Lipinski definition) is 5. The molecule has 0 fully saturated rings. The van der Waals surface area contributed by atoms with Crippen molar-refractivity contribution in [1.29, 1.82) is 0 Å². The first-order chi connectivity index (χ1) is 9.82. The first-order valence-corrected chi connectivity index (χ1v) is 8.86. The van der Waals surface area contributed by atoms with Crippen molar-refractivity contribution in [3.05, 3.63) is 11.8 Å². The van der Waals surface area contributed by atoms with Crippen molar-refractivity contribution in [3.8, 4) is 0 Å². The maximum Gasteiger partial charge on any atom is 0.226 e. The molecule has 0 aliphatic carbocycles. The van der Waals surface area contributed by atoms with Crippen LogP contribution >= 0.6 is 0 Å². The molecule has 0 saturated heterocycles. The topological polar surface area (TPSA) is 92.5 Å². The van der Waals surface area contributed by atoms with E-state index >= 15 is 0 Å². The minimum atomic E-state index is -3.29. The van der Waals surface area contributed by atoms with E-state index in [1.165, 1.54) is 4.31 Å². The molecule has 7 nitrogen and oxygen atoms in total. The summed E-state index contributed by atoms with van der Waals surface area (Å²) in [5.74, 6) is 0.657. The van der Waals surface area contributed by atoms with E-state index < -0.39 is 10.0 Å². The van der Waals surface area contributed by atoms with E-state index in [0.29, 0.717) is 18.1 Å². The van der Waals surface area contributed by atoms with Gasteiger partial charge in [-0.15, -0.1) is 0 Å². The van der Waals surface area contributed by atoms with Crippen molar-refractivity contribution < 1.29 is 17.7 Å². The lowest BCUT2D eigenvalue weighted by Crippen LogP contribution is -2.33. The van der Waals surface area contributed by atoms with Gasteiger partial charge in [0.15, 0.2) is 5.82 Å². The Balaban J connectivity index is 2.46. The first kappa shape index (κ1) is 17.6. The molecule has 0 radical (unpaired) electrons. The Morgan fingerprint density at radius 3 is 2.62 bits per heavy atom. The van der Waals surface area contributed by atoms with Crippen molar-refractivity contribution in [2.45, 2.75) is 39.5 Å². The van der Waals surface area contributed by atoms with Crippen LogP contribution in [0.4, 0.5) is 5.82 Å². The van der Waals surface area contributed by atoms with Crippen molar-refractivity contribution in [3.63, 3.8) is 0 Å². The van der Waals surface area contributed by atoms with Gasteiger partial charge in [-0.2, -0.15) is 0 Å². The fourth-order valence-corrected chi connectivity index (χ4v) is 2.72. The molecule has 1 amide bonds. The van der Waals surface area contributed by atoms with Gasteiger partial charge in [-0.25, -0.2) is 12.7 Å². The zero-order valence-electron chi connectivity index (χ0n) is 12.8. The second-order valence-electron chi connectivity index (χ2n) is 4.99. The van der Waals surface area contributed by atoms with E-state index in [1.807, 2.05) is 0 Å². The van der Waals surface area contributed by atoms with Crippen molar-refractivity contribution in [1.82, 2.24) is 9.46 Å². The summed E-state index contributed by atoms with van der Waals surface area (Å²) in [5.41, 5.74) is 0.